The number of carbonyl (C=O) groups is 1. The van der Waals surface area contributed by atoms with Crippen molar-refractivity contribution in [3.63, 3.8) is 0 Å². The van der Waals surface area contributed by atoms with Crippen molar-refractivity contribution in [1.29, 1.82) is 0 Å². The molecule has 0 spiro atoms. The zero-order valence-electron chi connectivity index (χ0n) is 32.1. The molecule has 48 heavy (non-hydrogen) atoms. The number of hydrogen-bond acceptors (Lipinski definition) is 4. The number of nitrogens with one attached hydrogen (secondary N) is 1. The second kappa shape index (κ2) is 38.6. The first-order valence-corrected chi connectivity index (χ1v) is 21.2. The predicted molar refractivity (Wildman–Crippen MR) is 208 cm³/mol. The van der Waals surface area contributed by atoms with E-state index in [2.05, 4.69) is 31.3 Å². The third kappa shape index (κ3) is 33.3. The second-order valence-corrected chi connectivity index (χ2v) is 14.6. The van der Waals surface area contributed by atoms with Crippen molar-refractivity contribution in [3.05, 3.63) is 24.3 Å². The van der Waals surface area contributed by atoms with Crippen LogP contribution in [0.1, 0.15) is 219 Å². The van der Waals surface area contributed by atoms with Crippen molar-refractivity contribution in [2.75, 3.05) is 6.61 Å². The van der Waals surface area contributed by atoms with E-state index in [9.17, 15) is 20.1 Å². The molecule has 0 saturated carbocycles. The highest BCUT2D eigenvalue weighted by atomic mass is 16.3. The first-order chi connectivity index (χ1) is 23.6. The number of carbonyl (C=O) groups excluding carboxylic acids is 1. The van der Waals surface area contributed by atoms with Crippen molar-refractivity contribution in [3.8, 4) is 0 Å². The van der Waals surface area contributed by atoms with Crippen LogP contribution in [0.5, 0.6) is 0 Å². The van der Waals surface area contributed by atoms with Gasteiger partial charge in [0, 0.05) is 0 Å². The second-order valence-electron chi connectivity index (χ2n) is 14.6. The lowest BCUT2D eigenvalue weighted by Crippen LogP contribution is -2.48. The number of amides is 1. The lowest BCUT2D eigenvalue weighted by Gasteiger charge is -2.21. The molecule has 284 valence electrons. The fraction of sp³-hybridized carbons (Fsp3) is 0.884. The highest BCUT2D eigenvalue weighted by molar-refractivity contribution is 5.80. The van der Waals surface area contributed by atoms with Crippen LogP contribution in [-0.4, -0.2) is 46.1 Å². The van der Waals surface area contributed by atoms with Gasteiger partial charge in [0.1, 0.15) is 6.10 Å². The summed E-state index contributed by atoms with van der Waals surface area (Å²) in [5, 5.41) is 33.0. The van der Waals surface area contributed by atoms with E-state index >= 15 is 0 Å². The van der Waals surface area contributed by atoms with Crippen LogP contribution >= 0.6 is 0 Å². The molecule has 0 aliphatic carbocycles. The molecule has 5 heteroatoms. The Morgan fingerprint density at radius 2 is 0.854 bits per heavy atom. The summed E-state index contributed by atoms with van der Waals surface area (Å²) in [5.74, 6) is -0.514. The van der Waals surface area contributed by atoms with E-state index in [0.29, 0.717) is 6.42 Å². The van der Waals surface area contributed by atoms with Gasteiger partial charge in [0.15, 0.2) is 0 Å². The topological polar surface area (TPSA) is 89.8 Å². The lowest BCUT2D eigenvalue weighted by molar-refractivity contribution is -0.131. The van der Waals surface area contributed by atoms with Gasteiger partial charge in [0.2, 0.25) is 5.91 Å². The predicted octanol–water partition coefficient (Wildman–Crippen LogP) is 11.8. The number of hydrogen-bond donors (Lipinski definition) is 4. The zero-order chi connectivity index (χ0) is 35.2. The highest BCUT2D eigenvalue weighted by Gasteiger charge is 2.22. The van der Waals surface area contributed by atoms with Gasteiger partial charge in [0.05, 0.1) is 18.8 Å². The summed E-state index contributed by atoms with van der Waals surface area (Å²) >= 11 is 0. The van der Waals surface area contributed by atoms with E-state index < -0.39 is 24.2 Å². The van der Waals surface area contributed by atoms with Gasteiger partial charge < -0.3 is 20.6 Å². The largest absolute Gasteiger partial charge is 0.394 e. The minimum Gasteiger partial charge on any atom is -0.394 e. The van der Waals surface area contributed by atoms with E-state index in [0.717, 1.165) is 38.5 Å². The van der Waals surface area contributed by atoms with E-state index in [1.807, 2.05) is 6.08 Å². The molecule has 0 fully saturated rings. The molecule has 0 rings (SSSR count). The van der Waals surface area contributed by atoms with Gasteiger partial charge in [-0.2, -0.15) is 0 Å². The molecule has 0 radical (unpaired) electrons. The number of allylic oxidation sites excluding steroid dienone is 3. The van der Waals surface area contributed by atoms with Crippen LogP contribution in [0.15, 0.2) is 24.3 Å². The molecule has 1 amide bonds. The monoisotopic (exact) mass is 678 g/mol. The van der Waals surface area contributed by atoms with Crippen molar-refractivity contribution in [2.24, 2.45) is 0 Å². The van der Waals surface area contributed by atoms with Crippen LogP contribution < -0.4 is 5.32 Å². The number of unbranched alkanes of at least 4 members (excludes halogenated alkanes) is 28. The Hall–Kier alpha value is -1.17. The van der Waals surface area contributed by atoms with Crippen molar-refractivity contribution in [1.82, 2.24) is 5.32 Å². The molecule has 5 nitrogen and oxygen atoms in total. The van der Waals surface area contributed by atoms with Gasteiger partial charge in [-0.05, 0) is 32.1 Å². The Bertz CT molecular complexity index is 709. The number of rotatable bonds is 38. The van der Waals surface area contributed by atoms with Gasteiger partial charge in [-0.3, -0.25) is 4.79 Å². The third-order valence-corrected chi connectivity index (χ3v) is 9.79. The summed E-state index contributed by atoms with van der Waals surface area (Å²) in [6.07, 6.45) is 46.5. The fourth-order valence-corrected chi connectivity index (χ4v) is 6.44. The molecular weight excluding hydrogens is 594 g/mol. The average molecular weight is 678 g/mol. The van der Waals surface area contributed by atoms with Crippen molar-refractivity contribution < 1.29 is 20.1 Å². The lowest BCUT2D eigenvalue weighted by atomic mass is 10.0. The Balaban J connectivity index is 3.66. The fourth-order valence-electron chi connectivity index (χ4n) is 6.44. The van der Waals surface area contributed by atoms with Crippen LogP contribution in [0.2, 0.25) is 0 Å². The summed E-state index contributed by atoms with van der Waals surface area (Å²) in [6, 6.07) is -0.809. The van der Waals surface area contributed by atoms with Crippen LogP contribution in [-0.2, 0) is 4.79 Å². The van der Waals surface area contributed by atoms with Gasteiger partial charge in [-0.25, -0.2) is 0 Å². The minimum atomic E-state index is -1.10. The number of aliphatic hydroxyl groups is 3. The number of aliphatic hydroxyl groups excluding tert-OH is 3. The standard InChI is InChI=1S/C43H83NO4/c1-3-5-7-9-11-13-15-16-17-18-19-20-21-22-23-24-25-26-27-28-30-31-33-35-37-41(46)40(39-45)44-43(48)42(47)38-36-34-32-29-14-12-10-8-6-4-2/h28,30,35,37,40-42,45-47H,3-27,29,31-34,36,38-39H2,1-2H3,(H,44,48)/b30-28+,37-35+. The highest BCUT2D eigenvalue weighted by Crippen LogP contribution is 2.15. The maximum absolute atomic E-state index is 12.4. The molecular formula is C43H83NO4. The first kappa shape index (κ1) is 46.8. The summed E-state index contributed by atoms with van der Waals surface area (Å²) in [6.45, 7) is 4.15. The smallest absolute Gasteiger partial charge is 0.249 e. The summed E-state index contributed by atoms with van der Waals surface area (Å²) in [5.41, 5.74) is 0. The Morgan fingerprint density at radius 1 is 0.500 bits per heavy atom. The molecule has 0 bridgehead atoms. The van der Waals surface area contributed by atoms with Gasteiger partial charge in [-0.1, -0.05) is 212 Å². The Labute approximate surface area is 299 Å². The average Bonchev–Trinajstić information content (AvgIpc) is 3.09. The molecule has 0 aromatic heterocycles. The van der Waals surface area contributed by atoms with Crippen LogP contribution in [0.4, 0.5) is 0 Å². The summed E-state index contributed by atoms with van der Waals surface area (Å²) in [7, 11) is 0. The maximum Gasteiger partial charge on any atom is 0.249 e. The Kier molecular flexibility index (Phi) is 37.7. The molecule has 4 N–H and O–H groups in total. The molecule has 0 heterocycles. The van der Waals surface area contributed by atoms with Crippen LogP contribution in [0.3, 0.4) is 0 Å². The quantitative estimate of drug-likeness (QED) is 0.0387. The molecule has 0 aliphatic rings. The third-order valence-electron chi connectivity index (χ3n) is 9.79. The molecule has 0 aliphatic heterocycles. The van der Waals surface area contributed by atoms with E-state index in [-0.39, 0.29) is 6.61 Å². The van der Waals surface area contributed by atoms with Crippen molar-refractivity contribution in [2.45, 2.75) is 238 Å². The van der Waals surface area contributed by atoms with Crippen LogP contribution in [0.25, 0.3) is 0 Å². The van der Waals surface area contributed by atoms with Gasteiger partial charge in [0.25, 0.3) is 0 Å². The SMILES string of the molecule is CCCCCCCCCCCCCCCCCCCC/C=C/CC/C=C/C(O)C(CO)NC(=O)C(O)CCCCCCCCCCCC. The molecule has 3 atom stereocenters. The van der Waals surface area contributed by atoms with E-state index in [1.165, 1.54) is 161 Å². The zero-order valence-corrected chi connectivity index (χ0v) is 32.1. The normalized spacial score (nSPS) is 13.9. The minimum absolute atomic E-state index is 0.373. The van der Waals surface area contributed by atoms with Crippen LogP contribution in [0, 0.1) is 0 Å². The molecule has 3 unspecified atom stereocenters. The first-order valence-electron chi connectivity index (χ1n) is 21.2. The summed E-state index contributed by atoms with van der Waals surface area (Å²) in [4.78, 5) is 12.4. The molecule has 0 saturated heterocycles. The molecule has 0 aromatic rings. The van der Waals surface area contributed by atoms with Crippen molar-refractivity contribution >= 4 is 5.91 Å². The molecule has 0 aromatic carbocycles. The van der Waals surface area contributed by atoms with Gasteiger partial charge >= 0.3 is 0 Å². The maximum atomic E-state index is 12.4. The van der Waals surface area contributed by atoms with E-state index in [1.54, 1.807) is 6.08 Å². The van der Waals surface area contributed by atoms with E-state index in [4.69, 9.17) is 0 Å². The summed E-state index contributed by atoms with van der Waals surface area (Å²) < 4.78 is 0. The Morgan fingerprint density at radius 3 is 1.27 bits per heavy atom. The van der Waals surface area contributed by atoms with Gasteiger partial charge in [-0.15, -0.1) is 0 Å².